The molecule has 0 aliphatic carbocycles. The van der Waals surface area contributed by atoms with Gasteiger partial charge in [0.2, 0.25) is 0 Å². The van der Waals surface area contributed by atoms with Crippen molar-refractivity contribution >= 4 is 22.5 Å². The topological polar surface area (TPSA) is 82.1 Å². The van der Waals surface area contributed by atoms with Gasteiger partial charge in [0.1, 0.15) is 12.4 Å². The monoisotopic (exact) mass is 390 g/mol. The summed E-state index contributed by atoms with van der Waals surface area (Å²) in [6, 6.07) is 7.09. The molecule has 0 saturated carbocycles. The number of ether oxygens (including phenoxy) is 1. The number of hydrogen-bond acceptors (Lipinski definition) is 6. The lowest BCUT2D eigenvalue weighted by molar-refractivity contribution is -0.141. The second kappa shape index (κ2) is 6.06. The van der Waals surface area contributed by atoms with E-state index >= 15 is 0 Å². The number of aromatic nitrogens is 4. The van der Waals surface area contributed by atoms with Crippen molar-refractivity contribution in [2.75, 3.05) is 23.8 Å². The first-order valence-electron chi connectivity index (χ1n) is 8.92. The van der Waals surface area contributed by atoms with Gasteiger partial charge < -0.3 is 15.4 Å². The highest BCUT2D eigenvalue weighted by molar-refractivity contribution is 5.89. The molecule has 2 aliphatic heterocycles. The van der Waals surface area contributed by atoms with Gasteiger partial charge >= 0.3 is 6.18 Å². The molecule has 2 saturated heterocycles. The van der Waals surface area contributed by atoms with E-state index in [4.69, 9.17) is 15.5 Å². The molecule has 0 unspecified atom stereocenters. The van der Waals surface area contributed by atoms with E-state index in [1.54, 1.807) is 24.3 Å². The van der Waals surface area contributed by atoms with Gasteiger partial charge in [-0.15, -0.1) is 0 Å². The number of nitrogen functional groups attached to an aromatic ring is 1. The highest BCUT2D eigenvalue weighted by atomic mass is 19.4. The van der Waals surface area contributed by atoms with Gasteiger partial charge in [0, 0.05) is 17.8 Å². The molecule has 5 rings (SSSR count). The Morgan fingerprint density at radius 2 is 1.96 bits per heavy atom. The summed E-state index contributed by atoms with van der Waals surface area (Å²) in [6.07, 6.45) is -1.97. The average Bonchev–Trinajstić information content (AvgIpc) is 3.36. The molecule has 2 aliphatic rings. The highest BCUT2D eigenvalue weighted by Gasteiger charge is 2.41. The van der Waals surface area contributed by atoms with Crippen molar-refractivity contribution in [3.8, 4) is 11.4 Å². The summed E-state index contributed by atoms with van der Waals surface area (Å²) < 4.78 is 45.5. The quantitative estimate of drug-likeness (QED) is 0.693. The van der Waals surface area contributed by atoms with Crippen molar-refractivity contribution in [2.45, 2.75) is 31.3 Å². The van der Waals surface area contributed by atoms with Gasteiger partial charge in [0.15, 0.2) is 11.5 Å². The number of alkyl halides is 3. The van der Waals surface area contributed by atoms with Crippen LogP contribution in [0.5, 0.6) is 0 Å². The summed E-state index contributed by atoms with van der Waals surface area (Å²) >= 11 is 0. The van der Waals surface area contributed by atoms with E-state index in [-0.39, 0.29) is 17.8 Å². The molecular formula is C18H17F3N6O. The number of benzene rings is 1. The number of halogens is 3. The third kappa shape index (κ3) is 2.93. The fourth-order valence-corrected chi connectivity index (χ4v) is 3.87. The van der Waals surface area contributed by atoms with Crippen molar-refractivity contribution < 1.29 is 17.9 Å². The summed E-state index contributed by atoms with van der Waals surface area (Å²) in [6.45, 7) is 0.0375. The number of nitrogens with zero attached hydrogens (tertiary/aromatic N) is 5. The molecule has 2 bridgehead atoms. The van der Waals surface area contributed by atoms with Crippen LogP contribution in [0.15, 0.2) is 30.5 Å². The van der Waals surface area contributed by atoms with Crippen LogP contribution in [-0.2, 0) is 11.3 Å². The van der Waals surface area contributed by atoms with Crippen LogP contribution in [0.3, 0.4) is 0 Å². The van der Waals surface area contributed by atoms with E-state index in [2.05, 4.69) is 15.0 Å². The first-order chi connectivity index (χ1) is 13.4. The standard InChI is InChI=1S/C18H17F3N6O/c19-18(20,21)9-27-17-14(6-23-27)16(26-7-13-5-12(26)8-28-13)24-15(25-17)10-1-3-11(22)4-2-10/h1-4,6,12-13H,5,7-9,22H2/t12-,13-/m0/s1. The van der Waals surface area contributed by atoms with Crippen LogP contribution in [0.1, 0.15) is 6.42 Å². The van der Waals surface area contributed by atoms with Gasteiger partial charge in [-0.2, -0.15) is 18.3 Å². The second-order valence-electron chi connectivity index (χ2n) is 7.14. The molecule has 2 aromatic heterocycles. The van der Waals surface area contributed by atoms with Crippen LogP contribution in [0.2, 0.25) is 0 Å². The van der Waals surface area contributed by atoms with Crippen LogP contribution >= 0.6 is 0 Å². The van der Waals surface area contributed by atoms with Gasteiger partial charge in [-0.1, -0.05) is 0 Å². The zero-order valence-electron chi connectivity index (χ0n) is 14.7. The number of anilines is 2. The van der Waals surface area contributed by atoms with Crippen LogP contribution in [0.25, 0.3) is 22.4 Å². The minimum Gasteiger partial charge on any atom is -0.399 e. The van der Waals surface area contributed by atoms with Crippen LogP contribution in [0.4, 0.5) is 24.7 Å². The smallest absolute Gasteiger partial charge is 0.399 e. The number of rotatable bonds is 3. The van der Waals surface area contributed by atoms with Crippen molar-refractivity contribution in [3.05, 3.63) is 30.5 Å². The molecule has 0 radical (unpaired) electrons. The largest absolute Gasteiger partial charge is 0.408 e. The molecule has 28 heavy (non-hydrogen) atoms. The molecule has 146 valence electrons. The van der Waals surface area contributed by atoms with Crippen molar-refractivity contribution in [1.82, 2.24) is 19.7 Å². The minimum absolute atomic E-state index is 0.125. The zero-order chi connectivity index (χ0) is 19.5. The van der Waals surface area contributed by atoms with Crippen LogP contribution < -0.4 is 10.6 Å². The lowest BCUT2D eigenvalue weighted by Gasteiger charge is -2.28. The average molecular weight is 390 g/mol. The molecular weight excluding hydrogens is 373 g/mol. The molecule has 1 aromatic carbocycles. The maximum atomic E-state index is 13.0. The maximum Gasteiger partial charge on any atom is 0.408 e. The summed E-state index contributed by atoms with van der Waals surface area (Å²) in [4.78, 5) is 11.2. The predicted octanol–water partition coefficient (Wildman–Crippen LogP) is 2.62. The second-order valence-corrected chi connectivity index (χ2v) is 7.14. The first kappa shape index (κ1) is 17.2. The normalized spacial score (nSPS) is 21.8. The van der Waals surface area contributed by atoms with E-state index in [0.717, 1.165) is 11.1 Å². The molecule has 0 spiro atoms. The Balaban J connectivity index is 1.67. The van der Waals surface area contributed by atoms with Gasteiger partial charge in [-0.3, -0.25) is 0 Å². The summed E-state index contributed by atoms with van der Waals surface area (Å²) in [5.74, 6) is 0.941. The number of morpholine rings is 1. The van der Waals surface area contributed by atoms with Crippen molar-refractivity contribution in [3.63, 3.8) is 0 Å². The van der Waals surface area contributed by atoms with Crippen LogP contribution in [-0.4, -0.2) is 51.2 Å². The van der Waals surface area contributed by atoms with Crippen molar-refractivity contribution in [1.29, 1.82) is 0 Å². The molecule has 2 N–H and O–H groups in total. The molecule has 2 fully saturated rings. The van der Waals surface area contributed by atoms with E-state index in [9.17, 15) is 13.2 Å². The zero-order valence-corrected chi connectivity index (χ0v) is 14.7. The predicted molar refractivity (Wildman–Crippen MR) is 96.7 cm³/mol. The highest BCUT2D eigenvalue weighted by Crippen LogP contribution is 2.36. The van der Waals surface area contributed by atoms with Gasteiger partial charge in [-0.05, 0) is 30.7 Å². The molecule has 4 heterocycles. The number of hydrogen-bond donors (Lipinski definition) is 1. The first-order valence-corrected chi connectivity index (χ1v) is 8.92. The van der Waals surface area contributed by atoms with Gasteiger partial charge in [-0.25, -0.2) is 14.6 Å². The van der Waals surface area contributed by atoms with E-state index in [0.29, 0.717) is 41.4 Å². The Bertz CT molecular complexity index is 1030. The Morgan fingerprint density at radius 3 is 2.61 bits per heavy atom. The summed E-state index contributed by atoms with van der Waals surface area (Å²) in [5.41, 5.74) is 7.17. The third-order valence-corrected chi connectivity index (χ3v) is 5.15. The third-order valence-electron chi connectivity index (χ3n) is 5.15. The van der Waals surface area contributed by atoms with E-state index in [1.807, 2.05) is 0 Å². The Labute approximate surface area is 157 Å². The van der Waals surface area contributed by atoms with E-state index < -0.39 is 12.7 Å². The molecule has 10 heteroatoms. The molecule has 7 nitrogen and oxygen atoms in total. The summed E-state index contributed by atoms with van der Waals surface area (Å²) in [7, 11) is 0. The Hall–Kier alpha value is -2.88. The van der Waals surface area contributed by atoms with Gasteiger partial charge in [0.25, 0.3) is 0 Å². The lowest BCUT2D eigenvalue weighted by Crippen LogP contribution is -2.37. The SMILES string of the molecule is Nc1ccc(-c2nc(N3C[C@@H]4C[C@H]3CO4)c3cnn(CC(F)(F)F)c3n2)cc1. The number of fused-ring (bicyclic) bond motifs is 3. The fourth-order valence-electron chi connectivity index (χ4n) is 3.87. The minimum atomic E-state index is -4.40. The van der Waals surface area contributed by atoms with Crippen LogP contribution in [0, 0.1) is 0 Å². The van der Waals surface area contributed by atoms with Gasteiger partial charge in [0.05, 0.1) is 30.3 Å². The molecule has 2 atom stereocenters. The maximum absolute atomic E-state index is 13.0. The summed E-state index contributed by atoms with van der Waals surface area (Å²) in [5, 5.41) is 4.45. The Kier molecular flexibility index (Phi) is 3.73. The molecule has 3 aromatic rings. The Morgan fingerprint density at radius 1 is 1.18 bits per heavy atom. The molecule has 0 amide bonds. The van der Waals surface area contributed by atoms with E-state index in [1.165, 1.54) is 6.20 Å². The lowest BCUT2D eigenvalue weighted by atomic mass is 10.2. The van der Waals surface area contributed by atoms with Crippen molar-refractivity contribution in [2.24, 2.45) is 0 Å². The fraction of sp³-hybridized carbons (Fsp3) is 0.389. The number of nitrogens with two attached hydrogens (primary N) is 1.